The Bertz CT molecular complexity index is 301. The first-order valence-corrected chi connectivity index (χ1v) is 7.27. The predicted molar refractivity (Wildman–Crippen MR) is 73.9 cm³/mol. The molecule has 1 saturated heterocycles. The summed E-state index contributed by atoms with van der Waals surface area (Å²) in [5.41, 5.74) is 0. The first kappa shape index (κ1) is 15.8. The van der Waals surface area contributed by atoms with Crippen molar-refractivity contribution in [2.45, 2.75) is 52.0 Å². The maximum absolute atomic E-state index is 12.2. The summed E-state index contributed by atoms with van der Waals surface area (Å²) in [6.07, 6.45) is 4.21. The second-order valence-electron chi connectivity index (χ2n) is 5.02. The lowest BCUT2D eigenvalue weighted by molar-refractivity contribution is -0.133. The Morgan fingerprint density at radius 2 is 1.84 bits per heavy atom. The minimum absolute atomic E-state index is 0.0755. The molecule has 0 aliphatic carbocycles. The Morgan fingerprint density at radius 1 is 1.21 bits per heavy atom. The quantitative estimate of drug-likeness (QED) is 0.770. The highest BCUT2D eigenvalue weighted by atomic mass is 16.6. The summed E-state index contributed by atoms with van der Waals surface area (Å²) in [7, 11) is 1.70. The van der Waals surface area contributed by atoms with Gasteiger partial charge in [-0.15, -0.1) is 0 Å². The number of likely N-dealkylation sites (tertiary alicyclic amines) is 1. The van der Waals surface area contributed by atoms with Crippen molar-refractivity contribution < 1.29 is 14.3 Å². The normalized spacial score (nSPS) is 16.9. The van der Waals surface area contributed by atoms with Gasteiger partial charge < -0.3 is 14.5 Å². The Morgan fingerprint density at radius 3 is 2.37 bits per heavy atom. The summed E-state index contributed by atoms with van der Waals surface area (Å²) in [5.74, 6) is 0.155. The molecule has 1 rings (SSSR count). The molecule has 1 aliphatic heterocycles. The van der Waals surface area contributed by atoms with E-state index in [0.717, 1.165) is 32.4 Å². The molecule has 5 nitrogen and oxygen atoms in total. The molecule has 19 heavy (non-hydrogen) atoms. The molecule has 0 radical (unpaired) electrons. The topological polar surface area (TPSA) is 49.9 Å². The van der Waals surface area contributed by atoms with Gasteiger partial charge in [-0.3, -0.25) is 4.79 Å². The van der Waals surface area contributed by atoms with Crippen molar-refractivity contribution in [1.82, 2.24) is 9.80 Å². The molecule has 0 spiro atoms. The van der Waals surface area contributed by atoms with Crippen LogP contribution < -0.4 is 0 Å². The molecule has 0 N–H and O–H groups in total. The first-order valence-electron chi connectivity index (χ1n) is 7.27. The molecule has 5 heteroatoms. The largest absolute Gasteiger partial charge is 0.450 e. The first-order chi connectivity index (χ1) is 9.10. The highest BCUT2D eigenvalue weighted by Crippen LogP contribution is 2.14. The van der Waals surface area contributed by atoms with Gasteiger partial charge in [-0.2, -0.15) is 0 Å². The van der Waals surface area contributed by atoms with Crippen LogP contribution in [0.5, 0.6) is 0 Å². The minimum Gasteiger partial charge on any atom is -0.450 e. The SMILES string of the molecule is CCOC(=O)N(C)C(CC)CC(=O)N1CCCCC1. The molecule has 110 valence electrons. The summed E-state index contributed by atoms with van der Waals surface area (Å²) in [4.78, 5) is 27.3. The number of nitrogens with zero attached hydrogens (tertiary/aromatic N) is 2. The number of rotatable bonds is 5. The van der Waals surface area contributed by atoms with Crippen LogP contribution in [-0.4, -0.2) is 54.6 Å². The highest BCUT2D eigenvalue weighted by Gasteiger charge is 2.25. The summed E-state index contributed by atoms with van der Waals surface area (Å²) < 4.78 is 4.98. The standard InChI is InChI=1S/C14H26N2O3/c1-4-12(15(3)14(18)19-5-2)11-13(17)16-9-7-6-8-10-16/h12H,4-11H2,1-3H3. The molecule has 0 aromatic heterocycles. The van der Waals surface area contributed by atoms with Crippen LogP contribution in [0, 0.1) is 0 Å². The third kappa shape index (κ3) is 4.73. The zero-order valence-corrected chi connectivity index (χ0v) is 12.4. The molecular weight excluding hydrogens is 244 g/mol. The van der Waals surface area contributed by atoms with E-state index < -0.39 is 0 Å². The van der Waals surface area contributed by atoms with Gasteiger partial charge in [-0.1, -0.05) is 6.92 Å². The van der Waals surface area contributed by atoms with Crippen LogP contribution in [0.15, 0.2) is 0 Å². The van der Waals surface area contributed by atoms with Gasteiger partial charge in [0.1, 0.15) is 0 Å². The molecule has 0 aromatic carbocycles. The Balaban J connectivity index is 2.50. The summed E-state index contributed by atoms with van der Waals surface area (Å²) in [6, 6.07) is -0.0755. The number of hydrogen-bond donors (Lipinski definition) is 0. The molecular formula is C14H26N2O3. The average Bonchev–Trinajstić information content (AvgIpc) is 2.45. The molecule has 1 unspecified atom stereocenters. The van der Waals surface area contributed by atoms with Crippen LogP contribution in [0.4, 0.5) is 4.79 Å². The van der Waals surface area contributed by atoms with Gasteiger partial charge >= 0.3 is 6.09 Å². The van der Waals surface area contributed by atoms with Crippen molar-refractivity contribution in [2.75, 3.05) is 26.7 Å². The fourth-order valence-electron chi connectivity index (χ4n) is 2.40. The number of amides is 2. The maximum atomic E-state index is 12.2. The molecule has 1 atom stereocenters. The minimum atomic E-state index is -0.346. The highest BCUT2D eigenvalue weighted by molar-refractivity contribution is 5.78. The Hall–Kier alpha value is -1.26. The van der Waals surface area contributed by atoms with E-state index in [1.165, 1.54) is 6.42 Å². The molecule has 0 saturated carbocycles. The molecule has 0 aromatic rings. The van der Waals surface area contributed by atoms with Gasteiger partial charge in [-0.25, -0.2) is 4.79 Å². The molecule has 0 bridgehead atoms. The fraction of sp³-hybridized carbons (Fsp3) is 0.857. The van der Waals surface area contributed by atoms with Crippen LogP contribution in [0.1, 0.15) is 46.0 Å². The van der Waals surface area contributed by atoms with Gasteiger partial charge in [0, 0.05) is 32.6 Å². The number of ether oxygens (including phenoxy) is 1. The van der Waals surface area contributed by atoms with Gasteiger partial charge in [0.2, 0.25) is 5.91 Å². The van der Waals surface area contributed by atoms with E-state index >= 15 is 0 Å². The van der Waals surface area contributed by atoms with Crippen molar-refractivity contribution in [3.63, 3.8) is 0 Å². The van der Waals surface area contributed by atoms with Crippen LogP contribution in [-0.2, 0) is 9.53 Å². The fourth-order valence-corrected chi connectivity index (χ4v) is 2.40. The van der Waals surface area contributed by atoms with Gasteiger partial charge in [0.15, 0.2) is 0 Å². The number of hydrogen-bond acceptors (Lipinski definition) is 3. The van der Waals surface area contributed by atoms with Crippen LogP contribution in [0.2, 0.25) is 0 Å². The lowest BCUT2D eigenvalue weighted by Crippen LogP contribution is -2.43. The van der Waals surface area contributed by atoms with Crippen LogP contribution in [0.3, 0.4) is 0 Å². The average molecular weight is 270 g/mol. The number of piperidine rings is 1. The zero-order valence-electron chi connectivity index (χ0n) is 12.4. The van der Waals surface area contributed by atoms with E-state index in [1.807, 2.05) is 11.8 Å². The van der Waals surface area contributed by atoms with E-state index in [-0.39, 0.29) is 18.0 Å². The van der Waals surface area contributed by atoms with E-state index in [4.69, 9.17) is 4.74 Å². The molecule has 1 fully saturated rings. The third-order valence-electron chi connectivity index (χ3n) is 3.69. The summed E-state index contributed by atoms with van der Waals surface area (Å²) >= 11 is 0. The van der Waals surface area contributed by atoms with E-state index in [2.05, 4.69) is 0 Å². The number of carbonyl (C=O) groups excluding carboxylic acids is 2. The second kappa shape index (κ2) is 8.02. The lowest BCUT2D eigenvalue weighted by atomic mass is 10.1. The van der Waals surface area contributed by atoms with Gasteiger partial charge in [-0.05, 0) is 32.6 Å². The summed E-state index contributed by atoms with van der Waals surface area (Å²) in [6.45, 7) is 5.85. The van der Waals surface area contributed by atoms with Crippen molar-refractivity contribution in [1.29, 1.82) is 0 Å². The zero-order chi connectivity index (χ0) is 14.3. The second-order valence-corrected chi connectivity index (χ2v) is 5.02. The third-order valence-corrected chi connectivity index (χ3v) is 3.69. The Kier molecular flexibility index (Phi) is 6.67. The molecule has 1 aliphatic rings. The van der Waals surface area contributed by atoms with E-state index in [0.29, 0.717) is 13.0 Å². The van der Waals surface area contributed by atoms with E-state index in [9.17, 15) is 9.59 Å². The summed E-state index contributed by atoms with van der Waals surface area (Å²) in [5, 5.41) is 0. The Labute approximate surface area is 115 Å². The molecule has 2 amide bonds. The molecule has 1 heterocycles. The van der Waals surface area contributed by atoms with Crippen molar-refractivity contribution in [2.24, 2.45) is 0 Å². The smallest absolute Gasteiger partial charge is 0.409 e. The van der Waals surface area contributed by atoms with Crippen LogP contribution >= 0.6 is 0 Å². The van der Waals surface area contributed by atoms with Gasteiger partial charge in [0.05, 0.1) is 6.61 Å². The number of carbonyl (C=O) groups is 2. The van der Waals surface area contributed by atoms with Crippen molar-refractivity contribution in [3.8, 4) is 0 Å². The van der Waals surface area contributed by atoms with E-state index in [1.54, 1.807) is 18.9 Å². The maximum Gasteiger partial charge on any atom is 0.409 e. The van der Waals surface area contributed by atoms with Crippen LogP contribution in [0.25, 0.3) is 0 Å². The van der Waals surface area contributed by atoms with Crippen molar-refractivity contribution in [3.05, 3.63) is 0 Å². The lowest BCUT2D eigenvalue weighted by Gasteiger charge is -2.31. The van der Waals surface area contributed by atoms with Crippen molar-refractivity contribution >= 4 is 12.0 Å². The predicted octanol–water partition coefficient (Wildman–Crippen LogP) is 2.26. The van der Waals surface area contributed by atoms with Gasteiger partial charge in [0.25, 0.3) is 0 Å². The monoisotopic (exact) mass is 270 g/mol.